The molecular formula is C12H16O2. The Kier molecular flexibility index (Phi) is 1.98. The molecule has 2 unspecified atom stereocenters. The van der Waals surface area contributed by atoms with E-state index in [1.807, 2.05) is 0 Å². The van der Waals surface area contributed by atoms with Crippen LogP contribution >= 0.6 is 0 Å². The predicted octanol–water partition coefficient (Wildman–Crippen LogP) is 1.80. The highest BCUT2D eigenvalue weighted by molar-refractivity contribution is 5.84. The zero-order chi connectivity index (χ0) is 9.54. The maximum absolute atomic E-state index is 11.9. The van der Waals surface area contributed by atoms with Crippen LogP contribution in [-0.2, 0) is 9.53 Å². The standard InChI is InChI=1S/C12H16O2/c13-11(5-8-3-1-2-4-8)12-9-6-14-7-10(9)12/h1-2,8-10,12H,3-7H2. The van der Waals surface area contributed by atoms with Crippen LogP contribution in [0.5, 0.6) is 0 Å². The van der Waals surface area contributed by atoms with Gasteiger partial charge in [0.15, 0.2) is 0 Å². The molecule has 0 amide bonds. The SMILES string of the molecule is O=C(CC1CC=CC1)C1C2COCC21. The third-order valence-corrected chi connectivity index (χ3v) is 3.92. The van der Waals surface area contributed by atoms with Crippen molar-refractivity contribution in [1.29, 1.82) is 0 Å². The number of fused-ring (bicyclic) bond motifs is 1. The molecule has 0 radical (unpaired) electrons. The number of ketones is 1. The van der Waals surface area contributed by atoms with Crippen LogP contribution in [0.2, 0.25) is 0 Å². The maximum Gasteiger partial charge on any atom is 0.137 e. The molecule has 0 bridgehead atoms. The van der Waals surface area contributed by atoms with Crippen LogP contribution in [0.25, 0.3) is 0 Å². The summed E-state index contributed by atoms with van der Waals surface area (Å²) in [7, 11) is 0. The van der Waals surface area contributed by atoms with Crippen LogP contribution in [0.3, 0.4) is 0 Å². The van der Waals surface area contributed by atoms with E-state index in [4.69, 9.17) is 4.74 Å². The second-order valence-corrected chi connectivity index (χ2v) is 4.87. The Morgan fingerprint density at radius 3 is 2.50 bits per heavy atom. The Hall–Kier alpha value is -0.630. The lowest BCUT2D eigenvalue weighted by atomic mass is 9.97. The summed E-state index contributed by atoms with van der Waals surface area (Å²) in [4.78, 5) is 11.9. The van der Waals surface area contributed by atoms with Crippen molar-refractivity contribution in [2.45, 2.75) is 19.3 Å². The maximum atomic E-state index is 11.9. The van der Waals surface area contributed by atoms with E-state index in [1.54, 1.807) is 0 Å². The minimum absolute atomic E-state index is 0.379. The fourth-order valence-corrected chi connectivity index (χ4v) is 2.98. The van der Waals surface area contributed by atoms with Gasteiger partial charge in [0, 0.05) is 12.3 Å². The summed E-state index contributed by atoms with van der Waals surface area (Å²) in [5, 5.41) is 0. The van der Waals surface area contributed by atoms with Gasteiger partial charge in [0.05, 0.1) is 13.2 Å². The number of carbonyl (C=O) groups is 1. The smallest absolute Gasteiger partial charge is 0.137 e. The molecule has 14 heavy (non-hydrogen) atoms. The van der Waals surface area contributed by atoms with E-state index in [0.29, 0.717) is 29.5 Å². The first-order chi connectivity index (χ1) is 6.86. The summed E-state index contributed by atoms with van der Waals surface area (Å²) < 4.78 is 5.29. The Labute approximate surface area is 84.3 Å². The normalized spacial score (nSPS) is 40.1. The number of hydrogen-bond donors (Lipinski definition) is 0. The topological polar surface area (TPSA) is 26.3 Å². The van der Waals surface area contributed by atoms with E-state index in [2.05, 4.69) is 12.2 Å². The number of hydrogen-bond acceptors (Lipinski definition) is 2. The molecule has 0 aromatic heterocycles. The van der Waals surface area contributed by atoms with Crippen molar-refractivity contribution in [3.8, 4) is 0 Å². The molecule has 0 aromatic rings. The van der Waals surface area contributed by atoms with Crippen molar-refractivity contribution in [3.63, 3.8) is 0 Å². The van der Waals surface area contributed by atoms with E-state index in [1.165, 1.54) is 0 Å². The summed E-state index contributed by atoms with van der Waals surface area (Å²) >= 11 is 0. The Morgan fingerprint density at radius 2 is 1.86 bits per heavy atom. The zero-order valence-corrected chi connectivity index (χ0v) is 8.32. The second kappa shape index (κ2) is 3.20. The molecule has 3 rings (SSSR count). The lowest BCUT2D eigenvalue weighted by Crippen LogP contribution is -2.13. The van der Waals surface area contributed by atoms with Crippen molar-refractivity contribution >= 4 is 5.78 Å². The van der Waals surface area contributed by atoms with Gasteiger partial charge in [0.1, 0.15) is 5.78 Å². The molecule has 2 heteroatoms. The number of allylic oxidation sites excluding steroid dienone is 2. The highest BCUT2D eigenvalue weighted by Crippen LogP contribution is 2.52. The van der Waals surface area contributed by atoms with Gasteiger partial charge < -0.3 is 4.74 Å². The second-order valence-electron chi connectivity index (χ2n) is 4.87. The number of ether oxygens (including phenoxy) is 1. The molecular weight excluding hydrogens is 176 g/mol. The van der Waals surface area contributed by atoms with Crippen LogP contribution in [0.15, 0.2) is 12.2 Å². The lowest BCUT2D eigenvalue weighted by Gasteiger charge is -2.08. The zero-order valence-electron chi connectivity index (χ0n) is 8.32. The van der Waals surface area contributed by atoms with Crippen molar-refractivity contribution < 1.29 is 9.53 Å². The molecule has 1 aliphatic heterocycles. The fourth-order valence-electron chi connectivity index (χ4n) is 2.98. The predicted molar refractivity (Wildman–Crippen MR) is 52.8 cm³/mol. The molecule has 0 spiro atoms. The highest BCUT2D eigenvalue weighted by Gasteiger charge is 2.57. The number of Topliss-reactive ketones (excluding diaryl/α,β-unsaturated/α-hetero) is 1. The van der Waals surface area contributed by atoms with Crippen LogP contribution in [-0.4, -0.2) is 19.0 Å². The van der Waals surface area contributed by atoms with E-state index < -0.39 is 0 Å². The quantitative estimate of drug-likeness (QED) is 0.637. The minimum atomic E-state index is 0.379. The molecule has 0 aromatic carbocycles. The van der Waals surface area contributed by atoms with E-state index in [-0.39, 0.29) is 0 Å². The summed E-state index contributed by atoms with van der Waals surface area (Å²) in [6.07, 6.45) is 7.45. The molecule has 2 fully saturated rings. The average molecular weight is 192 g/mol. The first-order valence-electron chi connectivity index (χ1n) is 5.61. The summed E-state index contributed by atoms with van der Waals surface area (Å²) in [5.74, 6) is 2.69. The largest absolute Gasteiger partial charge is 0.381 e. The summed E-state index contributed by atoms with van der Waals surface area (Å²) in [6, 6.07) is 0. The van der Waals surface area contributed by atoms with Crippen molar-refractivity contribution in [2.75, 3.05) is 13.2 Å². The first-order valence-corrected chi connectivity index (χ1v) is 5.61. The molecule has 2 aliphatic carbocycles. The molecule has 1 saturated heterocycles. The van der Waals surface area contributed by atoms with Crippen molar-refractivity contribution in [1.82, 2.24) is 0 Å². The monoisotopic (exact) mass is 192 g/mol. The summed E-state index contributed by atoms with van der Waals surface area (Å²) in [6.45, 7) is 1.67. The third kappa shape index (κ3) is 1.33. The fraction of sp³-hybridized carbons (Fsp3) is 0.750. The Balaban J connectivity index is 1.52. The average Bonchev–Trinajstić information content (AvgIpc) is 2.63. The Morgan fingerprint density at radius 1 is 1.21 bits per heavy atom. The first kappa shape index (κ1) is 8.66. The van der Waals surface area contributed by atoms with Crippen molar-refractivity contribution in [3.05, 3.63) is 12.2 Å². The molecule has 2 nitrogen and oxygen atoms in total. The van der Waals surface area contributed by atoms with Gasteiger partial charge in [-0.3, -0.25) is 4.79 Å². The van der Waals surface area contributed by atoms with Crippen molar-refractivity contribution in [2.24, 2.45) is 23.7 Å². The lowest BCUT2D eigenvalue weighted by molar-refractivity contribution is -0.122. The van der Waals surface area contributed by atoms with Gasteiger partial charge in [-0.15, -0.1) is 0 Å². The van der Waals surface area contributed by atoms with Crippen LogP contribution < -0.4 is 0 Å². The van der Waals surface area contributed by atoms with Gasteiger partial charge in [-0.05, 0) is 30.6 Å². The molecule has 0 N–H and O–H groups in total. The van der Waals surface area contributed by atoms with Gasteiger partial charge in [-0.2, -0.15) is 0 Å². The molecule has 3 aliphatic rings. The number of carbonyl (C=O) groups excluding carboxylic acids is 1. The van der Waals surface area contributed by atoms with Crippen LogP contribution in [0.1, 0.15) is 19.3 Å². The van der Waals surface area contributed by atoms with Gasteiger partial charge in [-0.1, -0.05) is 12.2 Å². The highest BCUT2D eigenvalue weighted by atomic mass is 16.5. The molecule has 1 saturated carbocycles. The van der Waals surface area contributed by atoms with Gasteiger partial charge in [0.25, 0.3) is 0 Å². The molecule has 2 atom stereocenters. The van der Waals surface area contributed by atoms with Gasteiger partial charge in [-0.25, -0.2) is 0 Å². The third-order valence-electron chi connectivity index (χ3n) is 3.92. The van der Waals surface area contributed by atoms with E-state index in [9.17, 15) is 4.79 Å². The van der Waals surface area contributed by atoms with E-state index in [0.717, 1.165) is 32.5 Å². The van der Waals surface area contributed by atoms with Gasteiger partial charge in [0.2, 0.25) is 0 Å². The Bertz CT molecular complexity index is 264. The summed E-state index contributed by atoms with van der Waals surface area (Å²) in [5.41, 5.74) is 0. The number of rotatable bonds is 3. The molecule has 76 valence electrons. The van der Waals surface area contributed by atoms with Crippen LogP contribution in [0, 0.1) is 23.7 Å². The van der Waals surface area contributed by atoms with E-state index >= 15 is 0 Å². The molecule has 1 heterocycles. The van der Waals surface area contributed by atoms with Gasteiger partial charge >= 0.3 is 0 Å². The van der Waals surface area contributed by atoms with Crippen LogP contribution in [0.4, 0.5) is 0 Å². The minimum Gasteiger partial charge on any atom is -0.381 e.